The topological polar surface area (TPSA) is 15.3 Å². The fourth-order valence-corrected chi connectivity index (χ4v) is 2.65. The molecule has 0 atom stereocenters. The zero-order chi connectivity index (χ0) is 12.8. The highest BCUT2D eigenvalue weighted by atomic mass is 79.9. The zero-order valence-corrected chi connectivity index (χ0v) is 12.7. The number of nitrogens with one attached hydrogen (secondary N) is 1. The normalized spacial score (nSPS) is 15.1. The summed E-state index contributed by atoms with van der Waals surface area (Å²) < 4.78 is 1.15. The Morgan fingerprint density at radius 3 is 2.72 bits per heavy atom. The minimum atomic E-state index is 0.986. The summed E-state index contributed by atoms with van der Waals surface area (Å²) in [4.78, 5) is 2.60. The molecule has 0 amide bonds. The third-order valence-corrected chi connectivity index (χ3v) is 4.06. The van der Waals surface area contributed by atoms with Crippen LogP contribution < -0.4 is 5.32 Å². The minimum absolute atomic E-state index is 0.986. The van der Waals surface area contributed by atoms with Crippen LogP contribution in [0.25, 0.3) is 0 Å². The van der Waals surface area contributed by atoms with Gasteiger partial charge < -0.3 is 10.2 Å². The Morgan fingerprint density at radius 2 is 2.06 bits per heavy atom. The van der Waals surface area contributed by atoms with Gasteiger partial charge in [0.2, 0.25) is 0 Å². The van der Waals surface area contributed by atoms with Crippen LogP contribution in [0.1, 0.15) is 26.2 Å². The van der Waals surface area contributed by atoms with Crippen molar-refractivity contribution >= 4 is 21.6 Å². The summed E-state index contributed by atoms with van der Waals surface area (Å²) in [5, 5.41) is 3.51. The molecule has 1 aliphatic rings. The van der Waals surface area contributed by atoms with E-state index >= 15 is 0 Å². The van der Waals surface area contributed by atoms with Crippen molar-refractivity contribution in [2.45, 2.75) is 26.2 Å². The van der Waals surface area contributed by atoms with E-state index in [1.807, 2.05) is 6.07 Å². The predicted octanol–water partition coefficient (Wildman–Crippen LogP) is 3.98. The molecule has 0 unspecified atom stereocenters. The summed E-state index contributed by atoms with van der Waals surface area (Å²) in [6, 6.07) is 8.32. The molecule has 100 valence electrons. The predicted molar refractivity (Wildman–Crippen MR) is 82.1 cm³/mol. The van der Waals surface area contributed by atoms with E-state index in [0.29, 0.717) is 0 Å². The maximum atomic E-state index is 3.57. The first-order valence-corrected chi connectivity index (χ1v) is 7.79. The third-order valence-electron chi connectivity index (χ3n) is 3.37. The highest BCUT2D eigenvalue weighted by Crippen LogP contribution is 2.29. The molecule has 0 bridgehead atoms. The Kier molecular flexibility index (Phi) is 5.51. The third kappa shape index (κ3) is 4.62. The molecule has 18 heavy (non-hydrogen) atoms. The molecule has 0 aromatic heterocycles. The van der Waals surface area contributed by atoms with Gasteiger partial charge in [-0.1, -0.05) is 19.1 Å². The van der Waals surface area contributed by atoms with Crippen molar-refractivity contribution in [2.24, 2.45) is 5.92 Å². The van der Waals surface area contributed by atoms with Gasteiger partial charge in [-0.05, 0) is 59.8 Å². The quantitative estimate of drug-likeness (QED) is 0.781. The average molecular weight is 311 g/mol. The summed E-state index contributed by atoms with van der Waals surface area (Å²) in [5.74, 6) is 0.986. The summed E-state index contributed by atoms with van der Waals surface area (Å²) in [5.41, 5.74) is 1.19. The van der Waals surface area contributed by atoms with Crippen LogP contribution in [0, 0.1) is 5.92 Å². The van der Waals surface area contributed by atoms with Crippen LogP contribution in [0.15, 0.2) is 28.7 Å². The lowest BCUT2D eigenvalue weighted by molar-refractivity contribution is 0.273. The molecule has 1 fully saturated rings. The highest BCUT2D eigenvalue weighted by Gasteiger charge is 2.23. The summed E-state index contributed by atoms with van der Waals surface area (Å²) >= 11 is 3.57. The van der Waals surface area contributed by atoms with E-state index in [-0.39, 0.29) is 0 Å². The molecule has 0 spiro atoms. The van der Waals surface area contributed by atoms with E-state index in [0.717, 1.165) is 23.5 Å². The van der Waals surface area contributed by atoms with Crippen molar-refractivity contribution in [3.63, 3.8) is 0 Å². The van der Waals surface area contributed by atoms with Gasteiger partial charge in [-0.2, -0.15) is 0 Å². The fraction of sp³-hybridized carbons (Fsp3) is 0.600. The van der Waals surface area contributed by atoms with E-state index in [2.05, 4.69) is 51.3 Å². The van der Waals surface area contributed by atoms with Gasteiger partial charge in [0.15, 0.2) is 0 Å². The van der Waals surface area contributed by atoms with Crippen molar-refractivity contribution in [3.8, 4) is 0 Å². The second kappa shape index (κ2) is 7.15. The van der Waals surface area contributed by atoms with Crippen molar-refractivity contribution in [2.75, 3.05) is 31.5 Å². The lowest BCUT2D eigenvalue weighted by Crippen LogP contribution is -2.31. The van der Waals surface area contributed by atoms with E-state index in [9.17, 15) is 0 Å². The van der Waals surface area contributed by atoms with Gasteiger partial charge in [0.1, 0.15) is 0 Å². The summed E-state index contributed by atoms with van der Waals surface area (Å²) in [6.07, 6.45) is 4.14. The first-order chi connectivity index (χ1) is 8.79. The van der Waals surface area contributed by atoms with Crippen molar-refractivity contribution in [1.82, 2.24) is 4.90 Å². The average Bonchev–Trinajstić information content (AvgIpc) is 3.16. The van der Waals surface area contributed by atoms with Crippen molar-refractivity contribution in [1.29, 1.82) is 0 Å². The van der Waals surface area contributed by atoms with E-state index in [1.54, 1.807) is 0 Å². The largest absolute Gasteiger partial charge is 0.383 e. The molecule has 1 aromatic carbocycles. The van der Waals surface area contributed by atoms with Gasteiger partial charge in [-0.3, -0.25) is 0 Å². The monoisotopic (exact) mass is 310 g/mol. The Bertz CT molecular complexity index is 363. The molecular weight excluding hydrogens is 288 g/mol. The maximum Gasteiger partial charge on any atom is 0.0485 e. The fourth-order valence-electron chi connectivity index (χ4n) is 2.23. The first kappa shape index (κ1) is 13.9. The number of benzene rings is 1. The molecule has 2 rings (SSSR count). The maximum absolute atomic E-state index is 3.57. The molecule has 0 saturated heterocycles. The molecule has 3 heteroatoms. The van der Waals surface area contributed by atoms with E-state index in [4.69, 9.17) is 0 Å². The Balaban J connectivity index is 1.73. The van der Waals surface area contributed by atoms with Crippen LogP contribution in [0.4, 0.5) is 5.69 Å². The molecule has 0 radical (unpaired) electrons. The molecule has 1 aliphatic carbocycles. The SMILES string of the molecule is CCCN(CCNc1ccccc1Br)CC1CC1. The number of para-hydroxylation sites is 1. The van der Waals surface area contributed by atoms with E-state index in [1.165, 1.54) is 38.0 Å². The Hall–Kier alpha value is -0.540. The molecule has 0 heterocycles. The summed E-state index contributed by atoms with van der Waals surface area (Å²) in [6.45, 7) is 6.96. The number of halogens is 1. The van der Waals surface area contributed by atoms with Gasteiger partial charge in [-0.25, -0.2) is 0 Å². The number of nitrogens with zero attached hydrogens (tertiary/aromatic N) is 1. The Labute approximate surface area is 119 Å². The second-order valence-electron chi connectivity index (χ2n) is 5.15. The number of hydrogen-bond acceptors (Lipinski definition) is 2. The van der Waals surface area contributed by atoms with Crippen LogP contribution in [0.2, 0.25) is 0 Å². The molecule has 2 nitrogen and oxygen atoms in total. The van der Waals surface area contributed by atoms with Gasteiger partial charge >= 0.3 is 0 Å². The minimum Gasteiger partial charge on any atom is -0.383 e. The van der Waals surface area contributed by atoms with Crippen LogP contribution in [-0.4, -0.2) is 31.1 Å². The first-order valence-electron chi connectivity index (χ1n) is 7.00. The van der Waals surface area contributed by atoms with Crippen LogP contribution in [0.3, 0.4) is 0 Å². The molecule has 0 aliphatic heterocycles. The second-order valence-corrected chi connectivity index (χ2v) is 6.00. The Morgan fingerprint density at radius 1 is 1.28 bits per heavy atom. The van der Waals surface area contributed by atoms with Crippen molar-refractivity contribution in [3.05, 3.63) is 28.7 Å². The van der Waals surface area contributed by atoms with Gasteiger partial charge in [0.25, 0.3) is 0 Å². The van der Waals surface area contributed by atoms with Crippen molar-refractivity contribution < 1.29 is 0 Å². The smallest absolute Gasteiger partial charge is 0.0485 e. The standard InChI is InChI=1S/C15H23BrN2/c1-2-10-18(12-13-7-8-13)11-9-17-15-6-4-3-5-14(15)16/h3-6,13,17H,2,7-12H2,1H3. The van der Waals surface area contributed by atoms with Crippen LogP contribution in [0.5, 0.6) is 0 Å². The number of anilines is 1. The lowest BCUT2D eigenvalue weighted by atomic mass is 10.3. The number of hydrogen-bond donors (Lipinski definition) is 1. The molecule has 1 N–H and O–H groups in total. The van der Waals surface area contributed by atoms with Gasteiger partial charge in [0.05, 0.1) is 0 Å². The van der Waals surface area contributed by atoms with Crippen LogP contribution in [-0.2, 0) is 0 Å². The van der Waals surface area contributed by atoms with E-state index < -0.39 is 0 Å². The molecule has 1 saturated carbocycles. The van der Waals surface area contributed by atoms with Gasteiger partial charge in [-0.15, -0.1) is 0 Å². The molecule has 1 aromatic rings. The van der Waals surface area contributed by atoms with Crippen LogP contribution >= 0.6 is 15.9 Å². The number of rotatable bonds is 8. The highest BCUT2D eigenvalue weighted by molar-refractivity contribution is 9.10. The van der Waals surface area contributed by atoms with Gasteiger partial charge in [0, 0.05) is 29.8 Å². The zero-order valence-electron chi connectivity index (χ0n) is 11.2. The molecular formula is C15H23BrN2. The summed E-state index contributed by atoms with van der Waals surface area (Å²) in [7, 11) is 0. The lowest BCUT2D eigenvalue weighted by Gasteiger charge is -2.22.